The highest BCUT2D eigenvalue weighted by Crippen LogP contribution is 2.21. The number of hydrogen-bond donors (Lipinski definition) is 1. The first-order chi connectivity index (χ1) is 7.51. The predicted molar refractivity (Wildman–Crippen MR) is 66.0 cm³/mol. The van der Waals surface area contributed by atoms with Crippen LogP contribution in [0.4, 0.5) is 0 Å². The molecular weight excluding hydrogens is 224 g/mol. The zero-order valence-corrected chi connectivity index (χ0v) is 10.7. The first-order valence-electron chi connectivity index (χ1n) is 5.17. The van der Waals surface area contributed by atoms with Crippen molar-refractivity contribution in [1.29, 1.82) is 0 Å². The fraction of sp³-hybridized carbons (Fsp3) is 0.500. The molecule has 90 valence electrons. The van der Waals surface area contributed by atoms with Gasteiger partial charge in [0.05, 0.1) is 13.2 Å². The Bertz CT molecular complexity index is 303. The third-order valence-electron chi connectivity index (χ3n) is 1.78. The summed E-state index contributed by atoms with van der Waals surface area (Å²) in [5.74, 6) is 0.719. The average molecular weight is 242 g/mol. The number of benzene rings is 1. The van der Waals surface area contributed by atoms with Crippen LogP contribution in [-0.4, -0.2) is 11.7 Å². The summed E-state index contributed by atoms with van der Waals surface area (Å²) in [6.45, 7) is 6.98. The molecule has 1 rings (SSSR count). The lowest BCUT2D eigenvalue weighted by molar-refractivity contribution is 0.217. The Morgan fingerprint density at radius 1 is 1.19 bits per heavy atom. The summed E-state index contributed by atoms with van der Waals surface area (Å²) in [5.41, 5.74) is 1.00. The molecule has 0 heterocycles. The van der Waals surface area contributed by atoms with Gasteiger partial charge in [-0.15, -0.1) is 0 Å². The Morgan fingerprint density at radius 2 is 1.81 bits per heavy atom. The molecular formula is C12H18O3S. The molecule has 0 aliphatic carbocycles. The zero-order valence-electron chi connectivity index (χ0n) is 9.90. The Morgan fingerprint density at radius 3 is 2.31 bits per heavy atom. The number of rotatable bonds is 5. The van der Waals surface area contributed by atoms with Gasteiger partial charge in [0.2, 0.25) is 12.3 Å². The maximum absolute atomic E-state index is 8.86. The Kier molecular flexibility index (Phi) is 5.12. The summed E-state index contributed by atoms with van der Waals surface area (Å²) in [7, 11) is 0. The van der Waals surface area contributed by atoms with Gasteiger partial charge in [-0.1, -0.05) is 32.9 Å². The molecule has 0 saturated carbocycles. The van der Waals surface area contributed by atoms with Crippen LogP contribution in [0.15, 0.2) is 24.3 Å². The van der Waals surface area contributed by atoms with Crippen molar-refractivity contribution in [2.45, 2.75) is 27.4 Å². The lowest BCUT2D eigenvalue weighted by Gasteiger charge is -2.16. The predicted octanol–water partition coefficient (Wildman–Crippen LogP) is 3.18. The lowest BCUT2D eigenvalue weighted by atomic mass is 9.99. The van der Waals surface area contributed by atoms with Crippen molar-refractivity contribution in [3.8, 4) is 5.75 Å². The summed E-state index contributed by atoms with van der Waals surface area (Å²) in [4.78, 5) is 0. The van der Waals surface area contributed by atoms with Gasteiger partial charge < -0.3 is 9.29 Å². The molecule has 0 aliphatic rings. The van der Waals surface area contributed by atoms with Crippen molar-refractivity contribution in [3.05, 3.63) is 29.8 Å². The topological polar surface area (TPSA) is 38.7 Å². The van der Waals surface area contributed by atoms with Crippen LogP contribution in [0.5, 0.6) is 5.75 Å². The number of hydrogen-bond acceptors (Lipinski definition) is 4. The van der Waals surface area contributed by atoms with Gasteiger partial charge in [-0.2, -0.15) is 0 Å². The molecule has 0 bridgehead atoms. The van der Waals surface area contributed by atoms with Crippen molar-refractivity contribution >= 4 is 12.3 Å². The van der Waals surface area contributed by atoms with Crippen molar-refractivity contribution in [2.24, 2.45) is 5.41 Å². The van der Waals surface area contributed by atoms with Crippen molar-refractivity contribution in [2.75, 3.05) is 6.61 Å². The van der Waals surface area contributed by atoms with Gasteiger partial charge in [0.25, 0.3) is 0 Å². The van der Waals surface area contributed by atoms with E-state index in [4.69, 9.17) is 13.5 Å². The van der Waals surface area contributed by atoms with E-state index in [1.165, 1.54) is 0 Å². The van der Waals surface area contributed by atoms with Crippen LogP contribution in [-0.2, 0) is 10.8 Å². The Hall–Kier alpha value is -0.710. The average Bonchev–Trinajstić information content (AvgIpc) is 2.24. The number of aliphatic hydroxyl groups excluding tert-OH is 1. The van der Waals surface area contributed by atoms with Crippen LogP contribution in [0.2, 0.25) is 0 Å². The molecule has 0 aliphatic heterocycles. The van der Waals surface area contributed by atoms with E-state index < -0.39 is 0 Å². The standard InChI is InChI=1S/C12H18O3S/c1-12(2,3)9-14-16-15-11-6-4-10(8-13)5-7-11/h4-7,13H,8-9H2,1-3H3. The van der Waals surface area contributed by atoms with E-state index in [1.54, 1.807) is 12.1 Å². The van der Waals surface area contributed by atoms with E-state index >= 15 is 0 Å². The van der Waals surface area contributed by atoms with Gasteiger partial charge in [-0.3, -0.25) is 4.18 Å². The van der Waals surface area contributed by atoms with E-state index in [1.807, 2.05) is 12.1 Å². The minimum Gasteiger partial charge on any atom is -0.400 e. The van der Waals surface area contributed by atoms with Crippen LogP contribution in [0.25, 0.3) is 0 Å². The molecule has 1 aromatic carbocycles. The second-order valence-corrected chi connectivity index (χ2v) is 5.31. The lowest BCUT2D eigenvalue weighted by Crippen LogP contribution is -2.12. The van der Waals surface area contributed by atoms with E-state index in [-0.39, 0.29) is 12.0 Å². The normalized spacial score (nSPS) is 11.5. The smallest absolute Gasteiger partial charge is 0.225 e. The van der Waals surface area contributed by atoms with Gasteiger partial charge in [0.15, 0.2) is 0 Å². The monoisotopic (exact) mass is 242 g/mol. The molecule has 0 spiro atoms. The van der Waals surface area contributed by atoms with Crippen LogP contribution in [0.1, 0.15) is 26.3 Å². The summed E-state index contributed by atoms with van der Waals surface area (Å²) in [6, 6.07) is 7.25. The minimum atomic E-state index is 0.0496. The Balaban J connectivity index is 2.27. The van der Waals surface area contributed by atoms with Crippen LogP contribution in [0.3, 0.4) is 0 Å². The molecule has 4 heteroatoms. The second-order valence-electron chi connectivity index (χ2n) is 4.78. The van der Waals surface area contributed by atoms with Crippen molar-refractivity contribution < 1.29 is 13.5 Å². The molecule has 16 heavy (non-hydrogen) atoms. The van der Waals surface area contributed by atoms with Crippen LogP contribution < -0.4 is 4.18 Å². The zero-order chi connectivity index (χ0) is 12.0. The molecule has 3 nitrogen and oxygen atoms in total. The van der Waals surface area contributed by atoms with Gasteiger partial charge in [0, 0.05) is 0 Å². The molecule has 0 fully saturated rings. The maximum atomic E-state index is 8.86. The van der Waals surface area contributed by atoms with Crippen molar-refractivity contribution in [3.63, 3.8) is 0 Å². The SMILES string of the molecule is CC(C)(C)COSOc1ccc(CO)cc1. The largest absolute Gasteiger partial charge is 0.400 e. The summed E-state index contributed by atoms with van der Waals surface area (Å²) < 4.78 is 10.6. The highest BCUT2D eigenvalue weighted by atomic mass is 32.2. The van der Waals surface area contributed by atoms with E-state index in [0.717, 1.165) is 23.6 Å². The molecule has 0 unspecified atom stereocenters. The van der Waals surface area contributed by atoms with E-state index in [9.17, 15) is 0 Å². The van der Waals surface area contributed by atoms with Crippen LogP contribution in [0, 0.1) is 5.41 Å². The molecule has 0 amide bonds. The summed E-state index contributed by atoms with van der Waals surface area (Å²) in [5, 5.41) is 8.86. The van der Waals surface area contributed by atoms with E-state index in [0.29, 0.717) is 6.61 Å². The first-order valence-corrected chi connectivity index (χ1v) is 5.84. The van der Waals surface area contributed by atoms with Gasteiger partial charge in [0.1, 0.15) is 5.75 Å². The van der Waals surface area contributed by atoms with Crippen molar-refractivity contribution in [1.82, 2.24) is 0 Å². The molecule has 1 N–H and O–H groups in total. The fourth-order valence-electron chi connectivity index (χ4n) is 0.915. The van der Waals surface area contributed by atoms with Gasteiger partial charge in [-0.05, 0) is 23.1 Å². The molecule has 1 aromatic rings. The second kappa shape index (κ2) is 6.13. The summed E-state index contributed by atoms with van der Waals surface area (Å²) >= 11 is 0.984. The Labute approximate surface area is 101 Å². The third kappa shape index (κ3) is 5.39. The molecule has 0 aromatic heterocycles. The molecule has 0 atom stereocenters. The molecule has 0 saturated heterocycles. The number of aliphatic hydroxyl groups is 1. The fourth-order valence-corrected chi connectivity index (χ4v) is 1.55. The minimum absolute atomic E-state index is 0.0496. The van der Waals surface area contributed by atoms with Crippen LogP contribution >= 0.6 is 12.3 Å². The third-order valence-corrected chi connectivity index (χ3v) is 2.25. The highest BCUT2D eigenvalue weighted by molar-refractivity contribution is 7.90. The quantitative estimate of drug-likeness (QED) is 0.635. The summed E-state index contributed by atoms with van der Waals surface area (Å²) in [6.07, 6.45) is 0. The van der Waals surface area contributed by atoms with Gasteiger partial charge >= 0.3 is 0 Å². The highest BCUT2D eigenvalue weighted by Gasteiger charge is 2.10. The first kappa shape index (κ1) is 13.4. The van der Waals surface area contributed by atoms with E-state index in [2.05, 4.69) is 20.8 Å². The maximum Gasteiger partial charge on any atom is 0.225 e. The van der Waals surface area contributed by atoms with Gasteiger partial charge in [-0.25, -0.2) is 0 Å². The molecule has 0 radical (unpaired) electrons.